The summed E-state index contributed by atoms with van der Waals surface area (Å²) in [6.07, 6.45) is 3.82. The lowest BCUT2D eigenvalue weighted by Crippen LogP contribution is -1.98. The van der Waals surface area contributed by atoms with Crippen LogP contribution < -0.4 is 0 Å². The summed E-state index contributed by atoms with van der Waals surface area (Å²) in [6.45, 7) is 4.40. The Labute approximate surface area is 124 Å². The molecule has 1 aliphatic rings. The molecule has 0 N–H and O–H groups in total. The van der Waals surface area contributed by atoms with E-state index < -0.39 is 0 Å². The van der Waals surface area contributed by atoms with Gasteiger partial charge in [0.05, 0.1) is 4.83 Å². The Morgan fingerprint density at radius 1 is 1.00 bits per heavy atom. The number of aryl methyl sites for hydroxylation is 3. The van der Waals surface area contributed by atoms with Crippen molar-refractivity contribution in [2.45, 2.75) is 37.9 Å². The largest absolute Gasteiger partial charge is 0.0786 e. The van der Waals surface area contributed by atoms with Gasteiger partial charge in [0.25, 0.3) is 0 Å². The van der Waals surface area contributed by atoms with Gasteiger partial charge in [0.15, 0.2) is 0 Å². The zero-order chi connectivity index (χ0) is 13.4. The first-order valence-electron chi connectivity index (χ1n) is 6.98. The Morgan fingerprint density at radius 3 is 2.63 bits per heavy atom. The van der Waals surface area contributed by atoms with Crippen LogP contribution in [-0.2, 0) is 12.8 Å². The molecule has 2 aromatic carbocycles. The molecule has 0 saturated heterocycles. The zero-order valence-corrected chi connectivity index (χ0v) is 13.1. The lowest BCUT2D eigenvalue weighted by atomic mass is 9.95. The molecule has 3 rings (SSSR count). The topological polar surface area (TPSA) is 0 Å². The van der Waals surface area contributed by atoms with Gasteiger partial charge >= 0.3 is 0 Å². The highest BCUT2D eigenvalue weighted by Crippen LogP contribution is 2.35. The first-order chi connectivity index (χ1) is 9.16. The van der Waals surface area contributed by atoms with Crippen molar-refractivity contribution in [3.05, 3.63) is 69.8 Å². The van der Waals surface area contributed by atoms with Gasteiger partial charge in [0.1, 0.15) is 0 Å². The molecule has 0 bridgehead atoms. The van der Waals surface area contributed by atoms with Crippen LogP contribution >= 0.6 is 15.9 Å². The number of rotatable bonds is 2. The molecule has 0 radical (unpaired) electrons. The fraction of sp³-hybridized carbons (Fsp3) is 0.333. The summed E-state index contributed by atoms with van der Waals surface area (Å²) in [7, 11) is 0. The molecule has 0 heterocycles. The van der Waals surface area contributed by atoms with Crippen molar-refractivity contribution in [3.8, 4) is 0 Å². The van der Waals surface area contributed by atoms with E-state index in [-0.39, 0.29) is 0 Å². The van der Waals surface area contributed by atoms with Gasteiger partial charge in [-0.05, 0) is 66.5 Å². The minimum absolute atomic E-state index is 0.304. The predicted molar refractivity (Wildman–Crippen MR) is 85.2 cm³/mol. The Balaban J connectivity index is 2.00. The van der Waals surface area contributed by atoms with Crippen LogP contribution in [0.25, 0.3) is 0 Å². The lowest BCUT2D eigenvalue weighted by molar-refractivity contribution is 0.911. The van der Waals surface area contributed by atoms with Crippen LogP contribution in [0.3, 0.4) is 0 Å². The first kappa shape index (κ1) is 12.9. The van der Waals surface area contributed by atoms with Crippen LogP contribution in [0.4, 0.5) is 0 Å². The fourth-order valence-electron chi connectivity index (χ4n) is 2.98. The van der Waals surface area contributed by atoms with Crippen LogP contribution in [0.5, 0.6) is 0 Å². The highest BCUT2D eigenvalue weighted by molar-refractivity contribution is 9.09. The lowest BCUT2D eigenvalue weighted by Gasteiger charge is -2.16. The summed E-state index contributed by atoms with van der Waals surface area (Å²) in [5, 5.41) is 0. The molecule has 0 aliphatic heterocycles. The molecule has 0 fully saturated rings. The maximum absolute atomic E-state index is 3.89. The highest BCUT2D eigenvalue weighted by atomic mass is 79.9. The third kappa shape index (κ3) is 2.36. The van der Waals surface area contributed by atoms with Crippen LogP contribution in [0.15, 0.2) is 36.4 Å². The molecular weight excluding hydrogens is 296 g/mol. The molecule has 1 atom stereocenters. The van der Waals surface area contributed by atoms with Gasteiger partial charge in [-0.2, -0.15) is 0 Å². The van der Waals surface area contributed by atoms with Crippen molar-refractivity contribution in [2.24, 2.45) is 0 Å². The number of alkyl halides is 1. The summed E-state index contributed by atoms with van der Waals surface area (Å²) >= 11 is 3.89. The monoisotopic (exact) mass is 314 g/mol. The second-order valence-electron chi connectivity index (χ2n) is 5.53. The molecule has 1 heteroatoms. The third-order valence-corrected chi connectivity index (χ3v) is 5.36. The van der Waals surface area contributed by atoms with Gasteiger partial charge in [-0.1, -0.05) is 52.3 Å². The normalized spacial score (nSPS) is 15.3. The molecule has 1 unspecified atom stereocenters. The molecule has 19 heavy (non-hydrogen) atoms. The second kappa shape index (κ2) is 5.13. The van der Waals surface area contributed by atoms with Crippen molar-refractivity contribution < 1.29 is 0 Å². The Kier molecular flexibility index (Phi) is 3.49. The van der Waals surface area contributed by atoms with E-state index in [9.17, 15) is 0 Å². The Morgan fingerprint density at radius 2 is 1.79 bits per heavy atom. The average Bonchev–Trinajstić information content (AvgIpc) is 2.88. The minimum Gasteiger partial charge on any atom is -0.0786 e. The number of benzene rings is 2. The van der Waals surface area contributed by atoms with Crippen molar-refractivity contribution in [3.63, 3.8) is 0 Å². The fourth-order valence-corrected chi connectivity index (χ4v) is 3.76. The van der Waals surface area contributed by atoms with Crippen molar-refractivity contribution in [2.75, 3.05) is 0 Å². The minimum atomic E-state index is 0.304. The van der Waals surface area contributed by atoms with Gasteiger partial charge < -0.3 is 0 Å². The van der Waals surface area contributed by atoms with Gasteiger partial charge in [-0.25, -0.2) is 0 Å². The molecule has 2 aromatic rings. The third-order valence-electron chi connectivity index (χ3n) is 4.33. The number of hydrogen-bond acceptors (Lipinski definition) is 0. The molecule has 0 aromatic heterocycles. The van der Waals surface area contributed by atoms with E-state index in [0.29, 0.717) is 4.83 Å². The Hall–Kier alpha value is -1.08. The van der Waals surface area contributed by atoms with Crippen molar-refractivity contribution >= 4 is 15.9 Å². The summed E-state index contributed by atoms with van der Waals surface area (Å²) in [4.78, 5) is 0.304. The van der Waals surface area contributed by atoms with Gasteiger partial charge in [0.2, 0.25) is 0 Å². The molecular formula is C18H19Br. The van der Waals surface area contributed by atoms with E-state index in [0.717, 1.165) is 0 Å². The molecule has 98 valence electrons. The molecule has 0 spiro atoms. The zero-order valence-electron chi connectivity index (χ0n) is 11.5. The smallest absolute Gasteiger partial charge is 0.0647 e. The van der Waals surface area contributed by atoms with Crippen molar-refractivity contribution in [1.29, 1.82) is 0 Å². The van der Waals surface area contributed by atoms with Gasteiger partial charge in [-0.3, -0.25) is 0 Å². The van der Waals surface area contributed by atoms with E-state index in [2.05, 4.69) is 66.2 Å². The highest BCUT2D eigenvalue weighted by Gasteiger charge is 2.17. The second-order valence-corrected chi connectivity index (χ2v) is 6.45. The number of hydrogen-bond donors (Lipinski definition) is 0. The van der Waals surface area contributed by atoms with E-state index in [1.54, 1.807) is 11.1 Å². The van der Waals surface area contributed by atoms with Crippen LogP contribution in [0.1, 0.15) is 44.6 Å². The first-order valence-corrected chi connectivity index (χ1v) is 7.90. The van der Waals surface area contributed by atoms with E-state index in [4.69, 9.17) is 0 Å². The summed E-state index contributed by atoms with van der Waals surface area (Å²) in [6, 6.07) is 13.6. The average molecular weight is 315 g/mol. The molecule has 0 amide bonds. The SMILES string of the molecule is Cc1cccc(C(Br)c2ccc3c(c2)CCC3)c1C. The quantitative estimate of drug-likeness (QED) is 0.662. The summed E-state index contributed by atoms with van der Waals surface area (Å²) in [5.74, 6) is 0. The summed E-state index contributed by atoms with van der Waals surface area (Å²) < 4.78 is 0. The standard InChI is InChI=1S/C18H19Br/c1-12-5-3-8-17(13(12)2)18(19)16-10-9-14-6-4-7-15(14)11-16/h3,5,8-11,18H,4,6-7H2,1-2H3. The van der Waals surface area contributed by atoms with Gasteiger partial charge in [-0.15, -0.1) is 0 Å². The summed E-state index contributed by atoms with van der Waals surface area (Å²) in [5.41, 5.74) is 8.62. The van der Waals surface area contributed by atoms with Crippen molar-refractivity contribution in [1.82, 2.24) is 0 Å². The predicted octanol–water partition coefficient (Wildman–Crippen LogP) is 5.28. The molecule has 1 aliphatic carbocycles. The Bertz CT molecular complexity index is 613. The van der Waals surface area contributed by atoms with E-state index >= 15 is 0 Å². The molecule has 0 nitrogen and oxygen atoms in total. The van der Waals surface area contributed by atoms with Gasteiger partial charge in [0, 0.05) is 0 Å². The maximum atomic E-state index is 3.89. The van der Waals surface area contributed by atoms with Crippen LogP contribution in [0, 0.1) is 13.8 Å². The van der Waals surface area contributed by atoms with Crippen LogP contribution in [0.2, 0.25) is 0 Å². The maximum Gasteiger partial charge on any atom is 0.0647 e. The number of halogens is 1. The van der Waals surface area contributed by atoms with Crippen LogP contribution in [-0.4, -0.2) is 0 Å². The molecule has 0 saturated carbocycles. The van der Waals surface area contributed by atoms with E-state index in [1.165, 1.54) is 41.5 Å². The van der Waals surface area contributed by atoms with E-state index in [1.807, 2.05) is 0 Å². The number of fused-ring (bicyclic) bond motifs is 1.